The molecule has 2 rings (SSSR count). The number of benzene rings is 1. The second kappa shape index (κ2) is 7.24. The maximum absolute atomic E-state index is 9.75. The number of aliphatic hydroxyl groups is 1. The minimum atomic E-state index is -0.532. The van der Waals surface area contributed by atoms with Crippen LogP contribution in [0.4, 0.5) is 0 Å². The van der Waals surface area contributed by atoms with Crippen molar-refractivity contribution in [3.63, 3.8) is 0 Å². The molecule has 1 aromatic carbocycles. The summed E-state index contributed by atoms with van der Waals surface area (Å²) in [5.74, 6) is 0.756. The van der Waals surface area contributed by atoms with Crippen LogP contribution in [0.15, 0.2) is 22.7 Å². The summed E-state index contributed by atoms with van der Waals surface area (Å²) in [6.45, 7) is 6.80. The van der Waals surface area contributed by atoms with Crippen molar-refractivity contribution in [3.05, 3.63) is 28.2 Å². The molecule has 106 valence electrons. The van der Waals surface area contributed by atoms with Gasteiger partial charge < -0.3 is 14.6 Å². The molecule has 0 radical (unpaired) electrons. The molecule has 19 heavy (non-hydrogen) atoms. The van der Waals surface area contributed by atoms with Gasteiger partial charge in [-0.3, -0.25) is 4.90 Å². The Morgan fingerprint density at radius 1 is 1.42 bits per heavy atom. The minimum Gasteiger partial charge on any atom is -0.492 e. The van der Waals surface area contributed by atoms with Crippen molar-refractivity contribution in [2.75, 3.05) is 39.5 Å². The van der Waals surface area contributed by atoms with Crippen LogP contribution in [-0.2, 0) is 4.74 Å². The van der Waals surface area contributed by atoms with E-state index in [4.69, 9.17) is 9.47 Å². The molecule has 0 saturated carbocycles. The summed E-state index contributed by atoms with van der Waals surface area (Å²) in [7, 11) is 0. The van der Waals surface area contributed by atoms with Gasteiger partial charge in [0.15, 0.2) is 0 Å². The van der Waals surface area contributed by atoms with Gasteiger partial charge in [-0.2, -0.15) is 0 Å². The van der Waals surface area contributed by atoms with Crippen molar-refractivity contribution in [2.45, 2.75) is 13.0 Å². The molecule has 5 heteroatoms. The smallest absolute Gasteiger partial charge is 0.125 e. The van der Waals surface area contributed by atoms with Crippen molar-refractivity contribution in [3.8, 4) is 5.75 Å². The summed E-state index contributed by atoms with van der Waals surface area (Å²) in [6, 6.07) is 5.72. The highest BCUT2D eigenvalue weighted by atomic mass is 79.9. The molecule has 4 nitrogen and oxygen atoms in total. The van der Waals surface area contributed by atoms with Gasteiger partial charge in [-0.25, -0.2) is 0 Å². The summed E-state index contributed by atoms with van der Waals surface area (Å²) >= 11 is 3.41. The van der Waals surface area contributed by atoms with Crippen molar-refractivity contribution in [1.82, 2.24) is 4.90 Å². The fourth-order valence-electron chi connectivity index (χ4n) is 2.09. The number of ether oxygens (including phenoxy) is 2. The first-order chi connectivity index (χ1) is 9.16. The van der Waals surface area contributed by atoms with E-state index in [9.17, 15) is 5.11 Å². The maximum atomic E-state index is 9.75. The first-order valence-corrected chi connectivity index (χ1v) is 7.36. The first kappa shape index (κ1) is 14.8. The second-order valence-corrected chi connectivity index (χ2v) is 5.58. The van der Waals surface area contributed by atoms with Crippen LogP contribution in [0.25, 0.3) is 0 Å². The molecule has 1 atom stereocenters. The average molecular weight is 330 g/mol. The molecule has 1 fully saturated rings. The van der Waals surface area contributed by atoms with E-state index in [0.717, 1.165) is 48.6 Å². The monoisotopic (exact) mass is 329 g/mol. The Bertz CT molecular complexity index is 406. The third-order valence-electron chi connectivity index (χ3n) is 3.19. The molecule has 1 N–H and O–H groups in total. The van der Waals surface area contributed by atoms with E-state index in [1.807, 2.05) is 18.2 Å². The predicted molar refractivity (Wildman–Crippen MR) is 77.5 cm³/mol. The number of hydrogen-bond acceptors (Lipinski definition) is 4. The van der Waals surface area contributed by atoms with E-state index in [-0.39, 0.29) is 0 Å². The Kier molecular flexibility index (Phi) is 5.63. The van der Waals surface area contributed by atoms with Crippen molar-refractivity contribution >= 4 is 15.9 Å². The van der Waals surface area contributed by atoms with Crippen LogP contribution >= 0.6 is 15.9 Å². The third kappa shape index (κ3) is 4.45. The Hall–Kier alpha value is -0.620. The average Bonchev–Trinajstić information content (AvgIpc) is 2.41. The SMILES string of the molecule is C[C@H](O)c1cc(Br)ccc1OCCN1CCOCC1. The largest absolute Gasteiger partial charge is 0.492 e. The van der Waals surface area contributed by atoms with Crippen molar-refractivity contribution in [1.29, 1.82) is 0 Å². The van der Waals surface area contributed by atoms with Gasteiger partial charge in [0.1, 0.15) is 12.4 Å². The highest BCUT2D eigenvalue weighted by Gasteiger charge is 2.12. The molecule has 0 unspecified atom stereocenters. The Balaban J connectivity index is 1.88. The lowest BCUT2D eigenvalue weighted by Crippen LogP contribution is -2.38. The number of rotatable bonds is 5. The molecular formula is C14H20BrNO3. The number of halogens is 1. The quantitative estimate of drug-likeness (QED) is 0.899. The molecule has 1 aliphatic rings. The number of aliphatic hydroxyl groups excluding tert-OH is 1. The second-order valence-electron chi connectivity index (χ2n) is 4.66. The van der Waals surface area contributed by atoms with E-state index in [1.54, 1.807) is 6.92 Å². The molecule has 0 spiro atoms. The molecule has 0 aliphatic carbocycles. The van der Waals surface area contributed by atoms with Crippen LogP contribution in [-0.4, -0.2) is 49.5 Å². The number of nitrogens with zero attached hydrogens (tertiary/aromatic N) is 1. The highest BCUT2D eigenvalue weighted by molar-refractivity contribution is 9.10. The van der Waals surface area contributed by atoms with Crippen LogP contribution in [0.5, 0.6) is 5.75 Å². The Labute approximate surface area is 122 Å². The zero-order chi connectivity index (χ0) is 13.7. The Morgan fingerprint density at radius 2 is 2.16 bits per heavy atom. The van der Waals surface area contributed by atoms with E-state index in [2.05, 4.69) is 20.8 Å². The van der Waals surface area contributed by atoms with Gasteiger partial charge in [-0.1, -0.05) is 15.9 Å². The van der Waals surface area contributed by atoms with E-state index in [0.29, 0.717) is 6.61 Å². The molecule has 1 saturated heterocycles. The number of morpholine rings is 1. The molecule has 0 amide bonds. The topological polar surface area (TPSA) is 41.9 Å². The number of hydrogen-bond donors (Lipinski definition) is 1. The van der Waals surface area contributed by atoms with Gasteiger partial charge >= 0.3 is 0 Å². The molecule has 0 aromatic heterocycles. The maximum Gasteiger partial charge on any atom is 0.125 e. The van der Waals surface area contributed by atoms with Crippen LogP contribution < -0.4 is 4.74 Å². The molecule has 1 heterocycles. The summed E-state index contributed by atoms with van der Waals surface area (Å²) in [5.41, 5.74) is 0.816. The van der Waals surface area contributed by atoms with Crippen LogP contribution in [0.3, 0.4) is 0 Å². The van der Waals surface area contributed by atoms with Crippen LogP contribution in [0.1, 0.15) is 18.6 Å². The van der Waals surface area contributed by atoms with Gasteiger partial charge in [-0.15, -0.1) is 0 Å². The fraction of sp³-hybridized carbons (Fsp3) is 0.571. The van der Waals surface area contributed by atoms with Crippen molar-refractivity contribution in [2.24, 2.45) is 0 Å². The Morgan fingerprint density at radius 3 is 2.84 bits per heavy atom. The summed E-state index contributed by atoms with van der Waals surface area (Å²) < 4.78 is 12.0. The van der Waals surface area contributed by atoms with Crippen LogP contribution in [0.2, 0.25) is 0 Å². The first-order valence-electron chi connectivity index (χ1n) is 6.57. The van der Waals surface area contributed by atoms with E-state index >= 15 is 0 Å². The lowest BCUT2D eigenvalue weighted by atomic mass is 10.1. The summed E-state index contributed by atoms with van der Waals surface area (Å²) in [4.78, 5) is 2.32. The highest BCUT2D eigenvalue weighted by Crippen LogP contribution is 2.28. The summed E-state index contributed by atoms with van der Waals surface area (Å²) in [6.07, 6.45) is -0.532. The zero-order valence-corrected chi connectivity index (χ0v) is 12.7. The standard InChI is InChI=1S/C14H20BrNO3/c1-11(17)13-10-12(15)2-3-14(13)19-9-6-16-4-7-18-8-5-16/h2-3,10-11,17H,4-9H2,1H3/t11-/m0/s1. The molecule has 1 aliphatic heterocycles. The van der Waals surface area contributed by atoms with E-state index in [1.165, 1.54) is 0 Å². The molecular weight excluding hydrogens is 310 g/mol. The van der Waals surface area contributed by atoms with Gasteiger partial charge in [-0.05, 0) is 25.1 Å². The van der Waals surface area contributed by atoms with E-state index < -0.39 is 6.10 Å². The fourth-order valence-corrected chi connectivity index (χ4v) is 2.47. The lowest BCUT2D eigenvalue weighted by Gasteiger charge is -2.26. The van der Waals surface area contributed by atoms with Crippen molar-refractivity contribution < 1.29 is 14.6 Å². The van der Waals surface area contributed by atoms with Gasteiger partial charge in [0.05, 0.1) is 19.3 Å². The van der Waals surface area contributed by atoms with Gasteiger partial charge in [0.25, 0.3) is 0 Å². The zero-order valence-electron chi connectivity index (χ0n) is 11.1. The lowest BCUT2D eigenvalue weighted by molar-refractivity contribution is 0.0320. The molecule has 0 bridgehead atoms. The van der Waals surface area contributed by atoms with Gasteiger partial charge in [0.2, 0.25) is 0 Å². The normalized spacial score (nSPS) is 18.3. The van der Waals surface area contributed by atoms with Crippen LogP contribution in [0, 0.1) is 0 Å². The van der Waals surface area contributed by atoms with Gasteiger partial charge in [0, 0.05) is 29.7 Å². The molecule has 1 aromatic rings. The third-order valence-corrected chi connectivity index (χ3v) is 3.68. The minimum absolute atomic E-state index is 0.532. The predicted octanol–water partition coefficient (Wildman–Crippen LogP) is 2.21. The summed E-state index contributed by atoms with van der Waals surface area (Å²) in [5, 5.41) is 9.75.